The number of aromatic nitrogens is 2. The van der Waals surface area contributed by atoms with Gasteiger partial charge in [-0.3, -0.25) is 4.98 Å². The molecule has 0 aromatic carbocycles. The molecule has 84 valence electrons. The first-order valence-electron chi connectivity index (χ1n) is 5.31. The summed E-state index contributed by atoms with van der Waals surface area (Å²) in [5, 5.41) is 0. The molecule has 0 fully saturated rings. The Morgan fingerprint density at radius 3 is 2.40 bits per heavy atom. The molecule has 0 saturated carbocycles. The molecule has 0 N–H and O–H groups in total. The molecule has 0 atom stereocenters. The zero-order valence-corrected chi connectivity index (χ0v) is 10.6. The summed E-state index contributed by atoms with van der Waals surface area (Å²) in [5.74, 6) is 0.991. The Bertz CT molecular complexity index is 339. The van der Waals surface area contributed by atoms with Crippen molar-refractivity contribution in [3.05, 3.63) is 17.6 Å². The van der Waals surface area contributed by atoms with Gasteiger partial charge in [0.15, 0.2) is 0 Å². The second-order valence-electron chi connectivity index (χ2n) is 5.34. The Morgan fingerprint density at radius 1 is 1.27 bits per heavy atom. The smallest absolute Gasteiger partial charge is 0.150 e. The monoisotopic (exact) mass is 207 g/mol. The van der Waals surface area contributed by atoms with Crippen molar-refractivity contribution in [2.75, 3.05) is 18.5 Å². The van der Waals surface area contributed by atoms with E-state index in [1.165, 1.54) is 0 Å². The van der Waals surface area contributed by atoms with E-state index in [4.69, 9.17) is 0 Å². The number of hydrogen-bond acceptors (Lipinski definition) is 3. The van der Waals surface area contributed by atoms with Gasteiger partial charge in [0.2, 0.25) is 0 Å². The van der Waals surface area contributed by atoms with Gasteiger partial charge in [-0.1, -0.05) is 20.8 Å². The van der Waals surface area contributed by atoms with Crippen LogP contribution in [0.5, 0.6) is 0 Å². The fraction of sp³-hybridized carbons (Fsp3) is 0.667. The second kappa shape index (κ2) is 4.17. The van der Waals surface area contributed by atoms with Crippen molar-refractivity contribution in [1.82, 2.24) is 9.97 Å². The normalized spacial score (nSPS) is 11.6. The van der Waals surface area contributed by atoms with E-state index < -0.39 is 0 Å². The maximum atomic E-state index is 4.52. The van der Waals surface area contributed by atoms with Crippen molar-refractivity contribution >= 4 is 5.82 Å². The van der Waals surface area contributed by atoms with Gasteiger partial charge < -0.3 is 4.90 Å². The standard InChI is InChI=1S/C12H21N3/c1-9-7-13-10(2)11(14-9)15(6)8-12(3,4)5/h7H,8H2,1-6H3. The lowest BCUT2D eigenvalue weighted by Crippen LogP contribution is -2.30. The average molecular weight is 207 g/mol. The summed E-state index contributed by atoms with van der Waals surface area (Å²) in [5.41, 5.74) is 2.23. The first kappa shape index (κ1) is 12.0. The van der Waals surface area contributed by atoms with E-state index in [-0.39, 0.29) is 5.41 Å². The van der Waals surface area contributed by atoms with Crippen LogP contribution in [0.4, 0.5) is 5.82 Å². The third-order valence-corrected chi connectivity index (χ3v) is 2.12. The molecular weight excluding hydrogens is 186 g/mol. The van der Waals surface area contributed by atoms with Crippen LogP contribution in [-0.2, 0) is 0 Å². The summed E-state index contributed by atoms with van der Waals surface area (Å²) in [6.45, 7) is 11.6. The van der Waals surface area contributed by atoms with Gasteiger partial charge in [-0.2, -0.15) is 0 Å². The highest BCUT2D eigenvalue weighted by Crippen LogP contribution is 2.20. The fourth-order valence-corrected chi connectivity index (χ4v) is 1.67. The minimum Gasteiger partial charge on any atom is -0.358 e. The molecule has 0 unspecified atom stereocenters. The van der Waals surface area contributed by atoms with Crippen LogP contribution < -0.4 is 4.90 Å². The molecule has 3 heteroatoms. The van der Waals surface area contributed by atoms with Crippen LogP contribution in [0.15, 0.2) is 6.20 Å². The van der Waals surface area contributed by atoms with Crippen LogP contribution in [-0.4, -0.2) is 23.6 Å². The third-order valence-electron chi connectivity index (χ3n) is 2.12. The summed E-state index contributed by atoms with van der Waals surface area (Å²) in [7, 11) is 2.07. The zero-order valence-electron chi connectivity index (χ0n) is 10.6. The summed E-state index contributed by atoms with van der Waals surface area (Å²) >= 11 is 0. The van der Waals surface area contributed by atoms with Crippen molar-refractivity contribution in [3.63, 3.8) is 0 Å². The molecule has 0 bridgehead atoms. The van der Waals surface area contributed by atoms with E-state index in [1.807, 2.05) is 20.0 Å². The van der Waals surface area contributed by atoms with E-state index in [1.54, 1.807) is 0 Å². The van der Waals surface area contributed by atoms with Gasteiger partial charge in [0.1, 0.15) is 5.82 Å². The lowest BCUT2D eigenvalue weighted by Gasteiger charge is -2.28. The maximum absolute atomic E-state index is 4.52. The van der Waals surface area contributed by atoms with Crippen molar-refractivity contribution in [1.29, 1.82) is 0 Å². The highest BCUT2D eigenvalue weighted by molar-refractivity contribution is 5.42. The van der Waals surface area contributed by atoms with Crippen molar-refractivity contribution in [2.45, 2.75) is 34.6 Å². The SMILES string of the molecule is Cc1cnc(C)c(N(C)CC(C)(C)C)n1. The molecule has 0 aliphatic carbocycles. The molecule has 1 rings (SSSR count). The summed E-state index contributed by atoms with van der Waals surface area (Å²) in [4.78, 5) is 11.0. The summed E-state index contributed by atoms with van der Waals surface area (Å²) in [6.07, 6.45) is 1.81. The largest absolute Gasteiger partial charge is 0.358 e. The zero-order chi connectivity index (χ0) is 11.6. The fourth-order valence-electron chi connectivity index (χ4n) is 1.67. The molecule has 3 nitrogen and oxygen atoms in total. The van der Waals surface area contributed by atoms with E-state index >= 15 is 0 Å². The highest BCUT2D eigenvalue weighted by Gasteiger charge is 2.16. The Hall–Kier alpha value is -1.12. The van der Waals surface area contributed by atoms with Gasteiger partial charge in [0.25, 0.3) is 0 Å². The van der Waals surface area contributed by atoms with Crippen LogP contribution in [0.2, 0.25) is 0 Å². The average Bonchev–Trinajstić information content (AvgIpc) is 2.06. The number of anilines is 1. The van der Waals surface area contributed by atoms with Crippen LogP contribution >= 0.6 is 0 Å². The Kier molecular flexibility index (Phi) is 3.32. The Morgan fingerprint density at radius 2 is 1.87 bits per heavy atom. The minimum atomic E-state index is 0.270. The predicted octanol–water partition coefficient (Wildman–Crippen LogP) is 2.58. The Labute approximate surface area is 92.6 Å². The van der Waals surface area contributed by atoms with Crippen LogP contribution in [0.25, 0.3) is 0 Å². The van der Waals surface area contributed by atoms with Gasteiger partial charge in [-0.25, -0.2) is 4.98 Å². The minimum absolute atomic E-state index is 0.270. The lowest BCUT2D eigenvalue weighted by atomic mass is 9.96. The summed E-state index contributed by atoms with van der Waals surface area (Å²) in [6, 6.07) is 0. The van der Waals surface area contributed by atoms with Gasteiger partial charge >= 0.3 is 0 Å². The second-order valence-corrected chi connectivity index (χ2v) is 5.34. The maximum Gasteiger partial charge on any atom is 0.150 e. The molecule has 0 saturated heterocycles. The van der Waals surface area contributed by atoms with Gasteiger partial charge in [-0.05, 0) is 19.3 Å². The number of rotatable bonds is 2. The molecule has 1 heterocycles. The number of hydrogen-bond donors (Lipinski definition) is 0. The first-order chi connectivity index (χ1) is 6.79. The van der Waals surface area contributed by atoms with E-state index in [0.717, 1.165) is 23.8 Å². The van der Waals surface area contributed by atoms with Crippen molar-refractivity contribution < 1.29 is 0 Å². The first-order valence-corrected chi connectivity index (χ1v) is 5.31. The molecule has 1 aromatic heterocycles. The van der Waals surface area contributed by atoms with E-state index in [9.17, 15) is 0 Å². The molecule has 0 radical (unpaired) electrons. The van der Waals surface area contributed by atoms with Crippen LogP contribution in [0.3, 0.4) is 0 Å². The van der Waals surface area contributed by atoms with E-state index in [0.29, 0.717) is 0 Å². The number of aryl methyl sites for hydroxylation is 2. The predicted molar refractivity (Wildman–Crippen MR) is 64.2 cm³/mol. The number of nitrogens with zero attached hydrogens (tertiary/aromatic N) is 3. The van der Waals surface area contributed by atoms with Crippen molar-refractivity contribution in [3.8, 4) is 0 Å². The molecule has 0 spiro atoms. The molecule has 1 aromatic rings. The molecule has 0 amide bonds. The molecule has 0 aliphatic rings. The Balaban J connectivity index is 2.90. The van der Waals surface area contributed by atoms with Gasteiger partial charge in [0, 0.05) is 19.8 Å². The van der Waals surface area contributed by atoms with Crippen molar-refractivity contribution in [2.24, 2.45) is 5.41 Å². The third kappa shape index (κ3) is 3.50. The quantitative estimate of drug-likeness (QED) is 0.746. The van der Waals surface area contributed by atoms with E-state index in [2.05, 4.69) is 42.7 Å². The van der Waals surface area contributed by atoms with Gasteiger partial charge in [0.05, 0.1) is 11.4 Å². The lowest BCUT2D eigenvalue weighted by molar-refractivity contribution is 0.417. The van der Waals surface area contributed by atoms with Crippen LogP contribution in [0, 0.1) is 19.3 Å². The molecule has 15 heavy (non-hydrogen) atoms. The summed E-state index contributed by atoms with van der Waals surface area (Å²) < 4.78 is 0. The molecular formula is C12H21N3. The highest BCUT2D eigenvalue weighted by atomic mass is 15.2. The molecule has 0 aliphatic heterocycles. The topological polar surface area (TPSA) is 29.0 Å². The van der Waals surface area contributed by atoms with Crippen LogP contribution in [0.1, 0.15) is 32.2 Å². The van der Waals surface area contributed by atoms with Gasteiger partial charge in [-0.15, -0.1) is 0 Å².